The van der Waals surface area contributed by atoms with Gasteiger partial charge in [-0.25, -0.2) is 18.6 Å². The van der Waals surface area contributed by atoms with Crippen molar-refractivity contribution in [1.29, 1.82) is 0 Å². The van der Waals surface area contributed by atoms with Crippen molar-refractivity contribution >= 4 is 33.3 Å². The van der Waals surface area contributed by atoms with Crippen LogP contribution in [0.15, 0.2) is 42.5 Å². The number of hydrogen-bond acceptors (Lipinski definition) is 3. The van der Waals surface area contributed by atoms with Crippen molar-refractivity contribution in [2.45, 2.75) is 18.9 Å². The van der Waals surface area contributed by atoms with Crippen LogP contribution in [-0.2, 0) is 0 Å². The van der Waals surface area contributed by atoms with Gasteiger partial charge < -0.3 is 10.2 Å². The van der Waals surface area contributed by atoms with Crippen LogP contribution in [0, 0.1) is 11.6 Å². The molecule has 2 aromatic carbocycles. The van der Waals surface area contributed by atoms with Gasteiger partial charge in [0.1, 0.15) is 16.6 Å². The van der Waals surface area contributed by atoms with E-state index in [-0.39, 0.29) is 11.7 Å². The number of rotatable bonds is 2. The zero-order valence-electron chi connectivity index (χ0n) is 13.2. The summed E-state index contributed by atoms with van der Waals surface area (Å²) in [5, 5.41) is 3.42. The van der Waals surface area contributed by atoms with E-state index in [1.807, 2.05) is 24.3 Å². The normalized spacial score (nSPS) is 17.2. The number of urea groups is 1. The predicted octanol–water partition coefficient (Wildman–Crippen LogP) is 4.94. The first-order valence-corrected chi connectivity index (χ1v) is 8.81. The summed E-state index contributed by atoms with van der Waals surface area (Å²) >= 11 is 1.57. The molecular formula is C18H15F2N3OS. The Morgan fingerprint density at radius 3 is 2.88 bits per heavy atom. The molecular weight excluding hydrogens is 344 g/mol. The quantitative estimate of drug-likeness (QED) is 0.704. The van der Waals surface area contributed by atoms with Crippen molar-refractivity contribution in [3.05, 3.63) is 59.1 Å². The Labute approximate surface area is 147 Å². The lowest BCUT2D eigenvalue weighted by atomic mass is 10.2. The fourth-order valence-corrected chi connectivity index (χ4v) is 4.19. The Morgan fingerprint density at radius 2 is 2.08 bits per heavy atom. The van der Waals surface area contributed by atoms with Gasteiger partial charge in [-0.15, -0.1) is 11.3 Å². The highest BCUT2D eigenvalue weighted by Gasteiger charge is 2.32. The molecule has 2 amide bonds. The van der Waals surface area contributed by atoms with Crippen molar-refractivity contribution in [3.63, 3.8) is 0 Å². The largest absolute Gasteiger partial charge is 0.322 e. The van der Waals surface area contributed by atoms with Crippen molar-refractivity contribution in [2.75, 3.05) is 11.9 Å². The molecule has 1 saturated heterocycles. The lowest BCUT2D eigenvalue weighted by Crippen LogP contribution is -2.34. The molecule has 1 aliphatic heterocycles. The topological polar surface area (TPSA) is 45.2 Å². The second-order valence-electron chi connectivity index (χ2n) is 5.93. The van der Waals surface area contributed by atoms with Crippen LogP contribution in [-0.4, -0.2) is 22.5 Å². The van der Waals surface area contributed by atoms with E-state index in [2.05, 4.69) is 10.3 Å². The van der Waals surface area contributed by atoms with Gasteiger partial charge in [0, 0.05) is 12.6 Å². The number of aromatic nitrogens is 1. The van der Waals surface area contributed by atoms with Gasteiger partial charge in [-0.1, -0.05) is 12.1 Å². The van der Waals surface area contributed by atoms with Crippen LogP contribution >= 0.6 is 11.3 Å². The van der Waals surface area contributed by atoms with Crippen molar-refractivity contribution < 1.29 is 13.6 Å². The van der Waals surface area contributed by atoms with E-state index >= 15 is 0 Å². The number of para-hydroxylation sites is 1. The van der Waals surface area contributed by atoms with E-state index in [9.17, 15) is 13.6 Å². The number of nitrogens with one attached hydrogen (secondary N) is 1. The van der Waals surface area contributed by atoms with E-state index in [1.54, 1.807) is 16.2 Å². The molecule has 2 heterocycles. The highest BCUT2D eigenvalue weighted by atomic mass is 32.1. The second-order valence-corrected chi connectivity index (χ2v) is 6.99. The van der Waals surface area contributed by atoms with E-state index in [0.717, 1.165) is 40.2 Å². The van der Waals surface area contributed by atoms with Crippen LogP contribution < -0.4 is 5.32 Å². The Bertz CT molecular complexity index is 910. The molecule has 0 spiro atoms. The molecule has 1 atom stereocenters. The summed E-state index contributed by atoms with van der Waals surface area (Å²) in [5.74, 6) is -1.46. The minimum absolute atomic E-state index is 0.0265. The number of halogens is 2. The molecule has 1 N–H and O–H groups in total. The average molecular weight is 359 g/mol. The third kappa shape index (κ3) is 3.07. The average Bonchev–Trinajstić information content (AvgIpc) is 3.23. The number of carbonyl (C=O) groups excluding carboxylic acids is 1. The number of likely N-dealkylation sites (tertiary alicyclic amines) is 1. The molecule has 1 aromatic heterocycles. The summed E-state index contributed by atoms with van der Waals surface area (Å²) < 4.78 is 27.9. The van der Waals surface area contributed by atoms with Crippen LogP contribution in [0.2, 0.25) is 0 Å². The molecule has 1 unspecified atom stereocenters. The zero-order chi connectivity index (χ0) is 17.4. The third-order valence-corrected chi connectivity index (χ3v) is 5.42. The number of nitrogens with zero attached hydrogens (tertiary/aromatic N) is 2. The van der Waals surface area contributed by atoms with Gasteiger partial charge in [-0.2, -0.15) is 0 Å². The Hall–Kier alpha value is -2.54. The molecule has 4 nitrogen and oxygen atoms in total. The van der Waals surface area contributed by atoms with Gasteiger partial charge in [0.15, 0.2) is 0 Å². The standard InChI is InChI=1S/C18H15F2N3OS/c19-11-7-8-13(12(20)10-11)22-18(24)23-9-3-5-15(23)17-21-14-4-1-2-6-16(14)25-17/h1-2,4,6-8,10,15H,3,5,9H2,(H,22,24). The summed E-state index contributed by atoms with van der Waals surface area (Å²) in [4.78, 5) is 18.9. The SMILES string of the molecule is O=C(Nc1ccc(F)cc1F)N1CCCC1c1nc2ccccc2s1. The number of anilines is 1. The van der Waals surface area contributed by atoms with Gasteiger partial charge >= 0.3 is 6.03 Å². The number of fused-ring (bicyclic) bond motifs is 1. The van der Waals surface area contributed by atoms with Crippen LogP contribution in [0.4, 0.5) is 19.3 Å². The monoisotopic (exact) mass is 359 g/mol. The first-order valence-electron chi connectivity index (χ1n) is 8.00. The van der Waals surface area contributed by atoms with E-state index in [4.69, 9.17) is 0 Å². The molecule has 25 heavy (non-hydrogen) atoms. The van der Waals surface area contributed by atoms with Crippen LogP contribution in [0.3, 0.4) is 0 Å². The van der Waals surface area contributed by atoms with Crippen molar-refractivity contribution in [1.82, 2.24) is 9.88 Å². The molecule has 3 aromatic rings. The molecule has 0 saturated carbocycles. The number of hydrogen-bond donors (Lipinski definition) is 1. The molecule has 128 valence electrons. The van der Waals surface area contributed by atoms with Crippen molar-refractivity contribution in [3.8, 4) is 0 Å². The van der Waals surface area contributed by atoms with Crippen LogP contribution in [0.1, 0.15) is 23.9 Å². The molecule has 7 heteroatoms. The summed E-state index contributed by atoms with van der Waals surface area (Å²) in [6.07, 6.45) is 1.68. The summed E-state index contributed by atoms with van der Waals surface area (Å²) in [5.41, 5.74) is 0.890. The maximum Gasteiger partial charge on any atom is 0.322 e. The highest BCUT2D eigenvalue weighted by Crippen LogP contribution is 2.36. The predicted molar refractivity (Wildman–Crippen MR) is 93.7 cm³/mol. The maximum atomic E-state index is 13.8. The minimum atomic E-state index is -0.788. The maximum absolute atomic E-state index is 13.8. The van der Waals surface area contributed by atoms with Gasteiger partial charge in [-0.3, -0.25) is 0 Å². The van der Waals surface area contributed by atoms with E-state index in [1.165, 1.54) is 6.07 Å². The molecule has 4 rings (SSSR count). The van der Waals surface area contributed by atoms with Crippen molar-refractivity contribution in [2.24, 2.45) is 0 Å². The van der Waals surface area contributed by atoms with Crippen LogP contribution in [0.5, 0.6) is 0 Å². The van der Waals surface area contributed by atoms with E-state index < -0.39 is 17.7 Å². The van der Waals surface area contributed by atoms with Gasteiger partial charge in [-0.05, 0) is 37.1 Å². The first kappa shape index (κ1) is 16.0. The Balaban J connectivity index is 1.57. The lowest BCUT2D eigenvalue weighted by molar-refractivity contribution is 0.207. The minimum Gasteiger partial charge on any atom is -0.315 e. The molecule has 0 aliphatic carbocycles. The van der Waals surface area contributed by atoms with Gasteiger partial charge in [0.25, 0.3) is 0 Å². The summed E-state index contributed by atoms with van der Waals surface area (Å²) in [7, 11) is 0. The first-order chi connectivity index (χ1) is 12.1. The molecule has 1 aliphatic rings. The van der Waals surface area contributed by atoms with Crippen LogP contribution in [0.25, 0.3) is 10.2 Å². The highest BCUT2D eigenvalue weighted by molar-refractivity contribution is 7.18. The lowest BCUT2D eigenvalue weighted by Gasteiger charge is -2.23. The van der Waals surface area contributed by atoms with Gasteiger partial charge in [0.05, 0.1) is 21.9 Å². The smallest absolute Gasteiger partial charge is 0.315 e. The zero-order valence-corrected chi connectivity index (χ0v) is 14.0. The Morgan fingerprint density at radius 1 is 1.24 bits per heavy atom. The number of benzene rings is 2. The summed E-state index contributed by atoms with van der Waals surface area (Å²) in [6, 6.07) is 10.4. The molecule has 0 radical (unpaired) electrons. The number of amides is 2. The summed E-state index contributed by atoms with van der Waals surface area (Å²) in [6.45, 7) is 0.579. The Kier molecular flexibility index (Phi) is 4.09. The van der Waals surface area contributed by atoms with E-state index in [0.29, 0.717) is 6.54 Å². The number of carbonyl (C=O) groups is 1. The fraction of sp³-hybridized carbons (Fsp3) is 0.222. The number of thiazole rings is 1. The second kappa shape index (κ2) is 6.40. The molecule has 0 bridgehead atoms. The fourth-order valence-electron chi connectivity index (χ4n) is 3.08. The third-order valence-electron chi connectivity index (χ3n) is 4.28. The van der Waals surface area contributed by atoms with Gasteiger partial charge in [0.2, 0.25) is 0 Å². The molecule has 1 fully saturated rings.